The van der Waals surface area contributed by atoms with Crippen molar-refractivity contribution in [2.24, 2.45) is 4.99 Å². The van der Waals surface area contributed by atoms with Crippen molar-refractivity contribution < 1.29 is 8.42 Å². The second-order valence-corrected chi connectivity index (χ2v) is 10.6. The third-order valence-corrected chi connectivity index (χ3v) is 8.41. The number of sulfonamides is 1. The monoisotopic (exact) mass is 575 g/mol. The Morgan fingerprint density at radius 2 is 1.94 bits per heavy atom. The van der Waals surface area contributed by atoms with Crippen LogP contribution in [-0.2, 0) is 16.4 Å². The maximum absolute atomic E-state index is 12.8. The molecule has 4 rings (SSSR count). The van der Waals surface area contributed by atoms with Crippen molar-refractivity contribution >= 4 is 62.0 Å². The fourth-order valence-electron chi connectivity index (χ4n) is 4.09. The largest absolute Gasteiger partial charge is 0.363 e. The molecule has 2 N–H and O–H groups in total. The van der Waals surface area contributed by atoms with Gasteiger partial charge in [-0.1, -0.05) is 18.2 Å². The standard InChI is InChI=1S/C21H29N5O2S2.HI/c1-22-21(24-18-9-12-25(13-10-18)20-7-4-15-29-20)23-11-16-30(27,28)26-14-8-17-5-2-3-6-19(17)26;/h2-7,15,18H,8-14,16H2,1H3,(H2,22,23,24);1H. The van der Waals surface area contributed by atoms with Gasteiger partial charge in [-0.25, -0.2) is 8.42 Å². The van der Waals surface area contributed by atoms with Gasteiger partial charge in [0.25, 0.3) is 0 Å². The maximum atomic E-state index is 12.8. The molecule has 7 nitrogen and oxygen atoms in total. The molecule has 2 aromatic rings. The Kier molecular flexibility index (Phi) is 8.45. The lowest BCUT2D eigenvalue weighted by atomic mass is 10.1. The van der Waals surface area contributed by atoms with E-state index < -0.39 is 10.0 Å². The van der Waals surface area contributed by atoms with E-state index in [1.807, 2.05) is 24.3 Å². The Morgan fingerprint density at radius 3 is 2.65 bits per heavy atom. The number of piperidine rings is 1. The molecule has 0 spiro atoms. The van der Waals surface area contributed by atoms with Gasteiger partial charge in [0.2, 0.25) is 10.0 Å². The van der Waals surface area contributed by atoms with Crippen LogP contribution in [0.5, 0.6) is 0 Å². The molecule has 1 aromatic carbocycles. The van der Waals surface area contributed by atoms with Gasteiger partial charge in [0.05, 0.1) is 16.4 Å². The minimum Gasteiger partial charge on any atom is -0.363 e. The summed E-state index contributed by atoms with van der Waals surface area (Å²) >= 11 is 1.78. The molecule has 170 valence electrons. The van der Waals surface area contributed by atoms with Crippen LogP contribution in [0.25, 0.3) is 0 Å². The molecule has 0 unspecified atom stereocenters. The molecular weight excluding hydrogens is 545 g/mol. The molecule has 1 saturated heterocycles. The fraction of sp³-hybridized carbons (Fsp3) is 0.476. The van der Waals surface area contributed by atoms with Crippen molar-refractivity contribution in [2.75, 3.05) is 48.2 Å². The number of benzene rings is 1. The zero-order valence-electron chi connectivity index (χ0n) is 17.7. The highest BCUT2D eigenvalue weighted by molar-refractivity contribution is 14.0. The first-order chi connectivity index (χ1) is 14.6. The van der Waals surface area contributed by atoms with Gasteiger partial charge >= 0.3 is 0 Å². The second kappa shape index (κ2) is 10.9. The number of guanidine groups is 1. The van der Waals surface area contributed by atoms with Crippen molar-refractivity contribution in [2.45, 2.75) is 25.3 Å². The molecule has 10 heteroatoms. The zero-order valence-corrected chi connectivity index (χ0v) is 21.6. The van der Waals surface area contributed by atoms with Crippen LogP contribution in [0.3, 0.4) is 0 Å². The normalized spacial score (nSPS) is 17.3. The van der Waals surface area contributed by atoms with E-state index in [0.29, 0.717) is 25.1 Å². The number of rotatable bonds is 6. The molecule has 1 aromatic heterocycles. The van der Waals surface area contributed by atoms with Gasteiger partial charge in [-0.05, 0) is 48.4 Å². The van der Waals surface area contributed by atoms with E-state index in [1.165, 1.54) is 5.00 Å². The van der Waals surface area contributed by atoms with Crippen molar-refractivity contribution in [3.63, 3.8) is 0 Å². The van der Waals surface area contributed by atoms with Crippen LogP contribution in [0.1, 0.15) is 18.4 Å². The van der Waals surface area contributed by atoms with E-state index in [1.54, 1.807) is 22.7 Å². The van der Waals surface area contributed by atoms with Crippen LogP contribution in [0, 0.1) is 0 Å². The number of para-hydroxylation sites is 1. The number of nitrogens with one attached hydrogen (secondary N) is 2. The maximum Gasteiger partial charge on any atom is 0.236 e. The number of anilines is 2. The molecular formula is C21H30IN5O2S2. The summed E-state index contributed by atoms with van der Waals surface area (Å²) in [6.45, 7) is 2.88. The van der Waals surface area contributed by atoms with Crippen LogP contribution >= 0.6 is 35.3 Å². The number of aliphatic imine (C=N–C) groups is 1. The van der Waals surface area contributed by atoms with Crippen molar-refractivity contribution in [3.8, 4) is 0 Å². The third kappa shape index (κ3) is 5.83. The van der Waals surface area contributed by atoms with Crippen LogP contribution in [0.15, 0.2) is 46.8 Å². The Hall–Kier alpha value is -1.53. The molecule has 3 heterocycles. The smallest absolute Gasteiger partial charge is 0.236 e. The molecule has 2 aliphatic heterocycles. The van der Waals surface area contributed by atoms with Gasteiger partial charge in [-0.15, -0.1) is 35.3 Å². The van der Waals surface area contributed by atoms with Gasteiger partial charge in [0.15, 0.2) is 5.96 Å². The number of hydrogen-bond acceptors (Lipinski definition) is 5. The first-order valence-electron chi connectivity index (χ1n) is 10.4. The lowest BCUT2D eigenvalue weighted by Gasteiger charge is -2.33. The second-order valence-electron chi connectivity index (χ2n) is 7.62. The lowest BCUT2D eigenvalue weighted by Crippen LogP contribution is -2.49. The van der Waals surface area contributed by atoms with Crippen LogP contribution < -0.4 is 19.8 Å². The molecule has 0 atom stereocenters. The zero-order chi connectivity index (χ0) is 21.0. The van der Waals surface area contributed by atoms with Crippen LogP contribution in [-0.4, -0.2) is 59.4 Å². The van der Waals surface area contributed by atoms with Gasteiger partial charge in [-0.3, -0.25) is 9.30 Å². The number of halogens is 1. The highest BCUT2D eigenvalue weighted by atomic mass is 127. The molecule has 31 heavy (non-hydrogen) atoms. The summed E-state index contributed by atoms with van der Waals surface area (Å²) in [5.74, 6) is 0.709. The Labute approximate surface area is 206 Å². The quantitative estimate of drug-likeness (QED) is 0.315. The van der Waals surface area contributed by atoms with Crippen LogP contribution in [0.4, 0.5) is 10.7 Å². The third-order valence-electron chi connectivity index (χ3n) is 5.71. The van der Waals surface area contributed by atoms with E-state index >= 15 is 0 Å². The Morgan fingerprint density at radius 1 is 1.16 bits per heavy atom. The number of nitrogens with zero attached hydrogens (tertiary/aromatic N) is 3. The molecule has 0 saturated carbocycles. The molecule has 0 bridgehead atoms. The van der Waals surface area contributed by atoms with E-state index in [2.05, 4.69) is 38.0 Å². The summed E-state index contributed by atoms with van der Waals surface area (Å²) in [6.07, 6.45) is 2.83. The van der Waals surface area contributed by atoms with E-state index in [0.717, 1.165) is 43.6 Å². The van der Waals surface area contributed by atoms with Crippen LogP contribution in [0.2, 0.25) is 0 Å². The van der Waals surface area contributed by atoms with Crippen molar-refractivity contribution in [3.05, 3.63) is 47.3 Å². The first-order valence-corrected chi connectivity index (χ1v) is 12.9. The Bertz CT molecular complexity index is 973. The molecule has 2 aliphatic rings. The van der Waals surface area contributed by atoms with E-state index in [9.17, 15) is 8.42 Å². The number of thiophene rings is 1. The molecule has 0 radical (unpaired) electrons. The van der Waals surface area contributed by atoms with Gasteiger partial charge in [0, 0.05) is 39.3 Å². The highest BCUT2D eigenvalue weighted by Crippen LogP contribution is 2.30. The molecule has 1 fully saturated rings. The predicted octanol–water partition coefficient (Wildman–Crippen LogP) is 2.89. The van der Waals surface area contributed by atoms with Gasteiger partial charge in [-0.2, -0.15) is 0 Å². The van der Waals surface area contributed by atoms with E-state index in [4.69, 9.17) is 0 Å². The van der Waals surface area contributed by atoms with Crippen molar-refractivity contribution in [1.82, 2.24) is 10.6 Å². The summed E-state index contributed by atoms with van der Waals surface area (Å²) in [6, 6.07) is 12.3. The minimum atomic E-state index is -3.36. The predicted molar refractivity (Wildman–Crippen MR) is 141 cm³/mol. The molecule has 0 amide bonds. The average Bonchev–Trinajstić information content (AvgIpc) is 3.44. The summed E-state index contributed by atoms with van der Waals surface area (Å²) in [4.78, 5) is 6.69. The van der Waals surface area contributed by atoms with Crippen molar-refractivity contribution in [1.29, 1.82) is 0 Å². The summed E-state index contributed by atoms with van der Waals surface area (Å²) in [7, 11) is -1.64. The number of hydrogen-bond donors (Lipinski definition) is 2. The van der Waals surface area contributed by atoms with E-state index in [-0.39, 0.29) is 29.7 Å². The first kappa shape index (κ1) is 24.1. The topological polar surface area (TPSA) is 77.0 Å². The summed E-state index contributed by atoms with van der Waals surface area (Å²) in [5.41, 5.74) is 1.91. The summed E-state index contributed by atoms with van der Waals surface area (Å²) in [5, 5.41) is 10.1. The highest BCUT2D eigenvalue weighted by Gasteiger charge is 2.28. The average molecular weight is 576 g/mol. The van der Waals surface area contributed by atoms with Gasteiger partial charge in [0.1, 0.15) is 0 Å². The summed E-state index contributed by atoms with van der Waals surface area (Å²) < 4.78 is 27.2. The molecule has 0 aliphatic carbocycles. The van der Waals surface area contributed by atoms with Gasteiger partial charge < -0.3 is 15.5 Å². The fourth-order valence-corrected chi connectivity index (χ4v) is 6.30. The Balaban J connectivity index is 0.00000272. The minimum absolute atomic E-state index is 0. The SMILES string of the molecule is CN=C(NCCS(=O)(=O)N1CCc2ccccc21)NC1CCN(c2cccs2)CC1.I. The lowest BCUT2D eigenvalue weighted by molar-refractivity contribution is 0.463. The number of fused-ring (bicyclic) bond motifs is 1.